The first-order valence-electron chi connectivity index (χ1n) is 5.43. The van der Waals surface area contributed by atoms with E-state index >= 15 is 0 Å². The zero-order chi connectivity index (χ0) is 12.3. The molecule has 2 N–H and O–H groups in total. The number of aromatic nitrogens is 3. The molecule has 5 heteroatoms. The number of methoxy groups -OCH3 is 1. The quantitative estimate of drug-likeness (QED) is 0.858. The lowest BCUT2D eigenvalue weighted by molar-refractivity contribution is 0.177. The molecule has 1 aromatic carbocycles. The number of nitrogens with two attached hydrogens (primary N) is 1. The topological polar surface area (TPSA) is 66.0 Å². The van der Waals surface area contributed by atoms with Crippen molar-refractivity contribution in [3.63, 3.8) is 0 Å². The van der Waals surface area contributed by atoms with Crippen LogP contribution >= 0.6 is 0 Å². The summed E-state index contributed by atoms with van der Waals surface area (Å²) < 4.78 is 6.72. The lowest BCUT2D eigenvalue weighted by atomic mass is 10.2. The summed E-state index contributed by atoms with van der Waals surface area (Å²) in [4.78, 5) is 4.45. The summed E-state index contributed by atoms with van der Waals surface area (Å²) >= 11 is 0. The Hall–Kier alpha value is -1.72. The van der Waals surface area contributed by atoms with Gasteiger partial charge in [-0.1, -0.05) is 30.3 Å². The molecule has 1 atom stereocenters. The molecule has 90 valence electrons. The van der Waals surface area contributed by atoms with E-state index in [1.54, 1.807) is 11.8 Å². The van der Waals surface area contributed by atoms with Crippen molar-refractivity contribution in [2.24, 2.45) is 12.8 Å². The van der Waals surface area contributed by atoms with Gasteiger partial charge in [-0.2, -0.15) is 5.10 Å². The summed E-state index contributed by atoms with van der Waals surface area (Å²) in [6, 6.07) is 9.57. The van der Waals surface area contributed by atoms with E-state index in [0.29, 0.717) is 12.4 Å². The second-order valence-corrected chi connectivity index (χ2v) is 3.85. The van der Waals surface area contributed by atoms with Crippen LogP contribution in [0.4, 0.5) is 0 Å². The molecule has 0 aliphatic rings. The summed E-state index contributed by atoms with van der Waals surface area (Å²) in [5.74, 6) is 1.42. The van der Waals surface area contributed by atoms with Crippen LogP contribution in [0.5, 0.6) is 0 Å². The normalized spacial score (nSPS) is 12.6. The molecule has 1 aromatic heterocycles. The summed E-state index contributed by atoms with van der Waals surface area (Å²) in [6.45, 7) is 0.431. The highest BCUT2D eigenvalue weighted by atomic mass is 16.5. The van der Waals surface area contributed by atoms with Crippen LogP contribution in [0, 0.1) is 0 Å². The summed E-state index contributed by atoms with van der Waals surface area (Å²) in [5.41, 5.74) is 6.93. The minimum Gasteiger partial charge on any atom is -0.383 e. The highest BCUT2D eigenvalue weighted by molar-refractivity contribution is 5.54. The van der Waals surface area contributed by atoms with Crippen LogP contribution < -0.4 is 5.73 Å². The van der Waals surface area contributed by atoms with Gasteiger partial charge in [-0.05, 0) is 0 Å². The molecule has 0 amide bonds. The van der Waals surface area contributed by atoms with E-state index in [1.807, 2.05) is 37.4 Å². The number of ether oxygens (including phenoxy) is 1. The molecular weight excluding hydrogens is 216 g/mol. The zero-order valence-corrected chi connectivity index (χ0v) is 10.00. The highest BCUT2D eigenvalue weighted by Gasteiger charge is 2.15. The lowest BCUT2D eigenvalue weighted by Gasteiger charge is -2.07. The monoisotopic (exact) mass is 232 g/mol. The van der Waals surface area contributed by atoms with Gasteiger partial charge in [-0.3, -0.25) is 4.68 Å². The van der Waals surface area contributed by atoms with Crippen LogP contribution in [-0.4, -0.2) is 28.5 Å². The molecular formula is C12H16N4O. The predicted molar refractivity (Wildman–Crippen MR) is 65.2 cm³/mol. The van der Waals surface area contributed by atoms with Gasteiger partial charge >= 0.3 is 0 Å². The van der Waals surface area contributed by atoms with E-state index in [1.165, 1.54) is 0 Å². The number of aryl methyl sites for hydroxylation is 1. The number of hydrogen-bond acceptors (Lipinski definition) is 4. The maximum absolute atomic E-state index is 5.95. The Morgan fingerprint density at radius 2 is 2.06 bits per heavy atom. The largest absolute Gasteiger partial charge is 0.383 e. The van der Waals surface area contributed by atoms with Gasteiger partial charge in [0.2, 0.25) is 0 Å². The van der Waals surface area contributed by atoms with Gasteiger partial charge in [0, 0.05) is 19.7 Å². The van der Waals surface area contributed by atoms with E-state index in [0.717, 1.165) is 11.4 Å². The minimum atomic E-state index is -0.255. The molecule has 0 fully saturated rings. The van der Waals surface area contributed by atoms with Crippen LogP contribution in [-0.2, 0) is 11.8 Å². The van der Waals surface area contributed by atoms with Gasteiger partial charge in [0.1, 0.15) is 5.82 Å². The van der Waals surface area contributed by atoms with Gasteiger partial charge in [-0.25, -0.2) is 4.98 Å². The summed E-state index contributed by atoms with van der Waals surface area (Å²) in [5, 5.41) is 4.35. The fourth-order valence-corrected chi connectivity index (χ4v) is 1.68. The fraction of sp³-hybridized carbons (Fsp3) is 0.333. The molecule has 0 saturated carbocycles. The number of nitrogens with zero attached hydrogens (tertiary/aromatic N) is 3. The van der Waals surface area contributed by atoms with Crippen molar-refractivity contribution < 1.29 is 4.74 Å². The maximum Gasteiger partial charge on any atom is 0.181 e. The van der Waals surface area contributed by atoms with Crippen molar-refractivity contribution in [2.75, 3.05) is 13.7 Å². The Morgan fingerprint density at radius 1 is 1.35 bits per heavy atom. The lowest BCUT2D eigenvalue weighted by Crippen LogP contribution is -2.20. The first-order chi connectivity index (χ1) is 8.22. The minimum absolute atomic E-state index is 0.255. The van der Waals surface area contributed by atoms with E-state index in [-0.39, 0.29) is 6.04 Å². The zero-order valence-electron chi connectivity index (χ0n) is 10.00. The van der Waals surface area contributed by atoms with Gasteiger partial charge in [-0.15, -0.1) is 0 Å². The average Bonchev–Trinajstić information content (AvgIpc) is 2.73. The number of hydrogen-bond donors (Lipinski definition) is 1. The molecule has 2 rings (SSSR count). The molecule has 0 aliphatic carbocycles. The van der Waals surface area contributed by atoms with Crippen molar-refractivity contribution >= 4 is 0 Å². The Bertz CT molecular complexity index is 481. The smallest absolute Gasteiger partial charge is 0.181 e. The Balaban J connectivity index is 2.31. The molecule has 2 aromatic rings. The van der Waals surface area contributed by atoms with Crippen LogP contribution in [0.25, 0.3) is 11.4 Å². The average molecular weight is 232 g/mol. The van der Waals surface area contributed by atoms with E-state index in [9.17, 15) is 0 Å². The fourth-order valence-electron chi connectivity index (χ4n) is 1.68. The van der Waals surface area contributed by atoms with Crippen LogP contribution in [0.3, 0.4) is 0 Å². The molecule has 0 aliphatic heterocycles. The number of benzene rings is 1. The molecule has 17 heavy (non-hydrogen) atoms. The van der Waals surface area contributed by atoms with Crippen molar-refractivity contribution in [3.05, 3.63) is 36.2 Å². The Morgan fingerprint density at radius 3 is 2.71 bits per heavy atom. The van der Waals surface area contributed by atoms with Crippen molar-refractivity contribution in [3.8, 4) is 11.4 Å². The van der Waals surface area contributed by atoms with Crippen molar-refractivity contribution in [1.82, 2.24) is 14.8 Å². The predicted octanol–water partition coefficient (Wildman–Crippen LogP) is 1.13. The van der Waals surface area contributed by atoms with Gasteiger partial charge in [0.15, 0.2) is 5.82 Å². The second-order valence-electron chi connectivity index (χ2n) is 3.85. The molecule has 1 unspecified atom stereocenters. The third kappa shape index (κ3) is 2.51. The molecule has 0 bridgehead atoms. The molecule has 0 spiro atoms. The Kier molecular flexibility index (Phi) is 3.51. The van der Waals surface area contributed by atoms with Crippen molar-refractivity contribution in [1.29, 1.82) is 0 Å². The Labute approximate surface area is 100 Å². The third-order valence-corrected chi connectivity index (χ3v) is 2.51. The number of rotatable bonds is 4. The van der Waals surface area contributed by atoms with Crippen molar-refractivity contribution in [2.45, 2.75) is 6.04 Å². The first-order valence-corrected chi connectivity index (χ1v) is 5.43. The maximum atomic E-state index is 5.95. The van der Waals surface area contributed by atoms with E-state index in [2.05, 4.69) is 10.1 Å². The first kappa shape index (κ1) is 11.8. The van der Waals surface area contributed by atoms with Crippen LogP contribution in [0.2, 0.25) is 0 Å². The summed E-state index contributed by atoms with van der Waals surface area (Å²) in [6.07, 6.45) is 0. The summed E-state index contributed by atoms with van der Waals surface area (Å²) in [7, 11) is 3.46. The third-order valence-electron chi connectivity index (χ3n) is 2.51. The van der Waals surface area contributed by atoms with Crippen LogP contribution in [0.1, 0.15) is 11.9 Å². The van der Waals surface area contributed by atoms with Gasteiger partial charge < -0.3 is 10.5 Å². The molecule has 0 radical (unpaired) electrons. The van der Waals surface area contributed by atoms with Gasteiger partial charge in [0.05, 0.1) is 12.6 Å². The molecule has 1 heterocycles. The van der Waals surface area contributed by atoms with E-state index in [4.69, 9.17) is 10.5 Å². The SMILES string of the molecule is COCC(N)c1nc(-c2ccccc2)nn1C. The molecule has 0 saturated heterocycles. The van der Waals surface area contributed by atoms with Crippen LogP contribution in [0.15, 0.2) is 30.3 Å². The van der Waals surface area contributed by atoms with E-state index < -0.39 is 0 Å². The van der Waals surface area contributed by atoms with Gasteiger partial charge in [0.25, 0.3) is 0 Å². The highest BCUT2D eigenvalue weighted by Crippen LogP contribution is 2.17. The second kappa shape index (κ2) is 5.07. The molecule has 5 nitrogen and oxygen atoms in total. The standard InChI is InChI=1S/C12H16N4O/c1-16-12(10(13)8-17-2)14-11(15-16)9-6-4-3-5-7-9/h3-7,10H,8,13H2,1-2H3.